The number of rotatable bonds is 5. The number of nitrogens with one attached hydrogen (secondary N) is 2. The summed E-state index contributed by atoms with van der Waals surface area (Å²) < 4.78 is 5.09. The maximum Gasteiger partial charge on any atom is 0.273 e. The van der Waals surface area contributed by atoms with Gasteiger partial charge < -0.3 is 20.5 Å². The van der Waals surface area contributed by atoms with Crippen LogP contribution < -0.4 is 11.1 Å². The molecule has 1 atom stereocenters. The predicted octanol–water partition coefficient (Wildman–Crippen LogP) is 0.390. The molecule has 18 heavy (non-hydrogen) atoms. The molecular weight excluding hydrogens is 234 g/mol. The van der Waals surface area contributed by atoms with E-state index in [1.165, 1.54) is 6.26 Å². The molecule has 1 amide bonds. The summed E-state index contributed by atoms with van der Waals surface area (Å²) >= 11 is 0. The summed E-state index contributed by atoms with van der Waals surface area (Å²) in [5, 5.41) is 2.74. The number of aromatic amines is 1. The third-order valence-electron chi connectivity index (χ3n) is 2.38. The smallest absolute Gasteiger partial charge is 0.273 e. The summed E-state index contributed by atoms with van der Waals surface area (Å²) in [5.41, 5.74) is 6.80. The second-order valence-corrected chi connectivity index (χ2v) is 3.94. The fourth-order valence-corrected chi connectivity index (χ4v) is 1.42. The van der Waals surface area contributed by atoms with Crippen LogP contribution in [-0.2, 0) is 6.42 Å². The first-order chi connectivity index (χ1) is 8.66. The molecule has 7 heteroatoms. The average Bonchev–Trinajstić information content (AvgIpc) is 2.99. The van der Waals surface area contributed by atoms with E-state index in [9.17, 15) is 4.79 Å². The molecule has 0 aliphatic rings. The molecule has 2 rings (SSSR count). The van der Waals surface area contributed by atoms with E-state index in [1.54, 1.807) is 19.4 Å². The molecule has 1 unspecified atom stereocenters. The first kappa shape index (κ1) is 12.3. The lowest BCUT2D eigenvalue weighted by atomic mass is 10.3. The molecule has 2 aromatic heterocycles. The molecule has 2 heterocycles. The highest BCUT2D eigenvalue weighted by Gasteiger charge is 2.13. The molecule has 2 aromatic rings. The van der Waals surface area contributed by atoms with Gasteiger partial charge in [-0.1, -0.05) is 0 Å². The van der Waals surface area contributed by atoms with E-state index < -0.39 is 0 Å². The third kappa shape index (κ3) is 2.95. The molecule has 0 saturated heterocycles. The first-order valence-electron chi connectivity index (χ1n) is 5.63. The number of imidazole rings is 1. The molecule has 0 fully saturated rings. The molecule has 0 aromatic carbocycles. The van der Waals surface area contributed by atoms with Crippen LogP contribution in [0.3, 0.4) is 0 Å². The Balaban J connectivity index is 1.83. The molecule has 0 aliphatic heterocycles. The maximum absolute atomic E-state index is 11.7. The molecule has 0 radical (unpaired) electrons. The van der Waals surface area contributed by atoms with Gasteiger partial charge in [0.2, 0.25) is 5.89 Å². The Morgan fingerprint density at radius 1 is 1.67 bits per heavy atom. The van der Waals surface area contributed by atoms with Gasteiger partial charge in [0, 0.05) is 24.9 Å². The molecule has 0 spiro atoms. The van der Waals surface area contributed by atoms with Crippen molar-refractivity contribution in [3.63, 3.8) is 0 Å². The van der Waals surface area contributed by atoms with E-state index in [0.29, 0.717) is 18.9 Å². The van der Waals surface area contributed by atoms with Crippen LogP contribution in [0, 0.1) is 0 Å². The number of carbonyl (C=O) groups excluding carboxylic acids is 1. The number of nitrogens with two attached hydrogens (primary N) is 1. The highest BCUT2D eigenvalue weighted by Crippen LogP contribution is 2.08. The zero-order valence-electron chi connectivity index (χ0n) is 10.0. The number of hydrogen-bond acceptors (Lipinski definition) is 5. The minimum absolute atomic E-state index is 0.243. The predicted molar refractivity (Wildman–Crippen MR) is 63.7 cm³/mol. The Hall–Kier alpha value is -2.15. The molecule has 4 N–H and O–H groups in total. The Kier molecular flexibility index (Phi) is 3.73. The molecule has 7 nitrogen and oxygen atoms in total. The van der Waals surface area contributed by atoms with Gasteiger partial charge in [0.1, 0.15) is 6.26 Å². The zero-order chi connectivity index (χ0) is 13.0. The summed E-state index contributed by atoms with van der Waals surface area (Å²) in [7, 11) is 0. The molecule has 0 bridgehead atoms. The highest BCUT2D eigenvalue weighted by molar-refractivity contribution is 5.91. The molecule has 96 valence electrons. The summed E-state index contributed by atoms with van der Waals surface area (Å²) in [6, 6.07) is -0.323. The van der Waals surface area contributed by atoms with Crippen LogP contribution in [0.15, 0.2) is 23.2 Å². The minimum atomic E-state index is -0.323. The van der Waals surface area contributed by atoms with Crippen molar-refractivity contribution in [1.82, 2.24) is 20.3 Å². The second kappa shape index (κ2) is 5.46. The van der Waals surface area contributed by atoms with Crippen LogP contribution in [0.1, 0.15) is 35.0 Å². The van der Waals surface area contributed by atoms with Crippen molar-refractivity contribution in [2.24, 2.45) is 5.73 Å². The van der Waals surface area contributed by atoms with Crippen molar-refractivity contribution in [2.75, 3.05) is 6.54 Å². The lowest BCUT2D eigenvalue weighted by molar-refractivity contribution is 0.0949. The van der Waals surface area contributed by atoms with Gasteiger partial charge in [-0.05, 0) is 6.92 Å². The minimum Gasteiger partial charge on any atom is -0.446 e. The van der Waals surface area contributed by atoms with Crippen molar-refractivity contribution in [2.45, 2.75) is 19.4 Å². The van der Waals surface area contributed by atoms with E-state index in [4.69, 9.17) is 10.2 Å². The van der Waals surface area contributed by atoms with Gasteiger partial charge in [0.25, 0.3) is 5.91 Å². The maximum atomic E-state index is 11.7. The van der Waals surface area contributed by atoms with Gasteiger partial charge in [-0.15, -0.1) is 0 Å². The normalized spacial score (nSPS) is 12.3. The fourth-order valence-electron chi connectivity index (χ4n) is 1.42. The van der Waals surface area contributed by atoms with Gasteiger partial charge in [-0.2, -0.15) is 0 Å². The Labute approximate surface area is 104 Å². The lowest BCUT2D eigenvalue weighted by Gasteiger charge is -2.01. The van der Waals surface area contributed by atoms with Gasteiger partial charge in [-0.3, -0.25) is 4.79 Å². The van der Waals surface area contributed by atoms with Crippen LogP contribution in [0.4, 0.5) is 0 Å². The summed E-state index contributed by atoms with van der Waals surface area (Å²) in [6.07, 6.45) is 5.31. The van der Waals surface area contributed by atoms with E-state index in [1.807, 2.05) is 0 Å². The van der Waals surface area contributed by atoms with Crippen LogP contribution in [0.2, 0.25) is 0 Å². The van der Waals surface area contributed by atoms with Crippen molar-refractivity contribution >= 4 is 5.91 Å². The number of aromatic nitrogens is 3. The average molecular weight is 249 g/mol. The number of oxazole rings is 1. The van der Waals surface area contributed by atoms with Crippen LogP contribution in [-0.4, -0.2) is 27.4 Å². The van der Waals surface area contributed by atoms with Crippen LogP contribution in [0.5, 0.6) is 0 Å². The van der Waals surface area contributed by atoms with Gasteiger partial charge >= 0.3 is 0 Å². The Bertz CT molecular complexity index is 503. The quantitative estimate of drug-likeness (QED) is 0.710. The third-order valence-corrected chi connectivity index (χ3v) is 2.38. The Morgan fingerprint density at radius 2 is 2.50 bits per heavy atom. The Morgan fingerprint density at radius 3 is 3.11 bits per heavy atom. The first-order valence-corrected chi connectivity index (χ1v) is 5.63. The van der Waals surface area contributed by atoms with Gasteiger partial charge in [0.05, 0.1) is 12.4 Å². The summed E-state index contributed by atoms with van der Waals surface area (Å²) in [6.45, 7) is 2.24. The lowest BCUT2D eigenvalue weighted by Crippen LogP contribution is -2.26. The van der Waals surface area contributed by atoms with Gasteiger partial charge in [0.15, 0.2) is 5.69 Å². The SMILES string of the molecule is CC(N)c1nc(C(=O)NCCc2cnc[nH]2)co1. The van der Waals surface area contributed by atoms with Crippen molar-refractivity contribution in [3.8, 4) is 0 Å². The monoisotopic (exact) mass is 249 g/mol. The van der Waals surface area contributed by atoms with Crippen molar-refractivity contribution in [3.05, 3.63) is 36.1 Å². The number of carbonyl (C=O) groups is 1. The number of nitrogens with zero attached hydrogens (tertiary/aromatic N) is 2. The molecular formula is C11H15N5O2. The molecule has 0 saturated carbocycles. The van der Waals surface area contributed by atoms with Crippen LogP contribution in [0.25, 0.3) is 0 Å². The standard InChI is InChI=1S/C11H15N5O2/c1-7(12)11-16-9(5-18-11)10(17)14-3-2-8-4-13-6-15-8/h4-7H,2-3,12H2,1H3,(H,13,15)(H,14,17). The number of amides is 1. The summed E-state index contributed by atoms with van der Waals surface area (Å²) in [5.74, 6) is 0.0823. The van der Waals surface area contributed by atoms with Gasteiger partial charge in [-0.25, -0.2) is 9.97 Å². The van der Waals surface area contributed by atoms with Crippen LogP contribution >= 0.6 is 0 Å². The van der Waals surface area contributed by atoms with E-state index in [2.05, 4.69) is 20.3 Å². The summed E-state index contributed by atoms with van der Waals surface area (Å²) in [4.78, 5) is 22.6. The largest absolute Gasteiger partial charge is 0.446 e. The van der Waals surface area contributed by atoms with Crippen molar-refractivity contribution in [1.29, 1.82) is 0 Å². The topological polar surface area (TPSA) is 110 Å². The van der Waals surface area contributed by atoms with E-state index in [-0.39, 0.29) is 17.6 Å². The number of H-pyrrole nitrogens is 1. The zero-order valence-corrected chi connectivity index (χ0v) is 10.0. The van der Waals surface area contributed by atoms with Crippen molar-refractivity contribution < 1.29 is 9.21 Å². The molecule has 0 aliphatic carbocycles. The second-order valence-electron chi connectivity index (χ2n) is 3.94. The fraction of sp³-hybridized carbons (Fsp3) is 0.364. The van der Waals surface area contributed by atoms with E-state index in [0.717, 1.165) is 5.69 Å². The number of hydrogen-bond donors (Lipinski definition) is 3. The highest BCUT2D eigenvalue weighted by atomic mass is 16.3. The van der Waals surface area contributed by atoms with E-state index >= 15 is 0 Å².